The van der Waals surface area contributed by atoms with Gasteiger partial charge in [0.05, 0.1) is 6.07 Å². The molecular formula is C7H7NO2. The van der Waals surface area contributed by atoms with E-state index < -0.39 is 5.92 Å². The maximum atomic E-state index is 10.8. The second-order valence-electron chi connectivity index (χ2n) is 2.35. The van der Waals surface area contributed by atoms with E-state index in [9.17, 15) is 9.59 Å². The van der Waals surface area contributed by atoms with E-state index in [2.05, 4.69) is 0 Å². The van der Waals surface area contributed by atoms with Crippen LogP contribution in [0.2, 0.25) is 0 Å². The Balaban J connectivity index is 2.74. The summed E-state index contributed by atoms with van der Waals surface area (Å²) in [5.74, 6) is -1.37. The number of carbonyl (C=O) groups is 2. The zero-order chi connectivity index (χ0) is 7.56. The number of ketones is 2. The Labute approximate surface area is 58.6 Å². The summed E-state index contributed by atoms with van der Waals surface area (Å²) >= 11 is 0. The molecule has 0 aromatic heterocycles. The SMILES string of the molecule is N#CC1C(=O)CCCC1=O. The first-order chi connectivity index (χ1) is 4.75. The van der Waals surface area contributed by atoms with Crippen molar-refractivity contribution in [2.75, 3.05) is 0 Å². The third kappa shape index (κ3) is 1.06. The molecule has 52 valence electrons. The highest BCUT2D eigenvalue weighted by atomic mass is 16.2. The highest BCUT2D eigenvalue weighted by Crippen LogP contribution is 2.15. The first kappa shape index (κ1) is 6.94. The first-order valence-corrected chi connectivity index (χ1v) is 3.20. The van der Waals surface area contributed by atoms with Crippen molar-refractivity contribution in [2.24, 2.45) is 5.92 Å². The lowest BCUT2D eigenvalue weighted by Crippen LogP contribution is -2.26. The molecule has 0 radical (unpaired) electrons. The average Bonchev–Trinajstić information content (AvgIpc) is 1.88. The van der Waals surface area contributed by atoms with Crippen LogP contribution in [-0.2, 0) is 9.59 Å². The van der Waals surface area contributed by atoms with Crippen LogP contribution in [0.15, 0.2) is 0 Å². The molecule has 0 bridgehead atoms. The second-order valence-corrected chi connectivity index (χ2v) is 2.35. The summed E-state index contributed by atoms with van der Waals surface area (Å²) in [6.45, 7) is 0. The van der Waals surface area contributed by atoms with Gasteiger partial charge in [0.25, 0.3) is 0 Å². The minimum atomic E-state index is -0.950. The molecule has 10 heavy (non-hydrogen) atoms. The lowest BCUT2D eigenvalue weighted by atomic mass is 9.88. The molecule has 0 aliphatic heterocycles. The molecule has 0 unspecified atom stereocenters. The highest BCUT2D eigenvalue weighted by Gasteiger charge is 2.29. The van der Waals surface area contributed by atoms with E-state index in [1.165, 1.54) is 0 Å². The number of hydrogen-bond acceptors (Lipinski definition) is 3. The van der Waals surface area contributed by atoms with Gasteiger partial charge < -0.3 is 0 Å². The summed E-state index contributed by atoms with van der Waals surface area (Å²) in [5, 5.41) is 8.34. The van der Waals surface area contributed by atoms with Crippen LogP contribution < -0.4 is 0 Å². The topological polar surface area (TPSA) is 57.9 Å². The first-order valence-electron chi connectivity index (χ1n) is 3.20. The number of hydrogen-bond donors (Lipinski definition) is 0. The van der Waals surface area contributed by atoms with Gasteiger partial charge in [-0.25, -0.2) is 0 Å². The van der Waals surface area contributed by atoms with Gasteiger partial charge in [0.2, 0.25) is 0 Å². The van der Waals surface area contributed by atoms with Gasteiger partial charge in [0, 0.05) is 12.8 Å². The molecule has 0 saturated heterocycles. The average molecular weight is 137 g/mol. The lowest BCUT2D eigenvalue weighted by Gasteiger charge is -2.11. The molecule has 1 rings (SSSR count). The van der Waals surface area contributed by atoms with Crippen molar-refractivity contribution < 1.29 is 9.59 Å². The molecule has 0 spiro atoms. The van der Waals surface area contributed by atoms with E-state index in [1.54, 1.807) is 6.07 Å². The van der Waals surface area contributed by atoms with E-state index in [4.69, 9.17) is 5.26 Å². The summed E-state index contributed by atoms with van der Waals surface area (Å²) in [4.78, 5) is 21.6. The smallest absolute Gasteiger partial charge is 0.163 e. The van der Waals surface area contributed by atoms with Crippen LogP contribution >= 0.6 is 0 Å². The molecule has 0 aromatic rings. The fraction of sp³-hybridized carbons (Fsp3) is 0.571. The van der Waals surface area contributed by atoms with E-state index in [0.29, 0.717) is 19.3 Å². The molecule has 1 aliphatic carbocycles. The van der Waals surface area contributed by atoms with Crippen LogP contribution in [-0.4, -0.2) is 11.6 Å². The number of carbonyl (C=O) groups excluding carboxylic acids is 2. The third-order valence-corrected chi connectivity index (χ3v) is 1.62. The molecule has 0 N–H and O–H groups in total. The Morgan fingerprint density at radius 2 is 1.80 bits per heavy atom. The van der Waals surface area contributed by atoms with Crippen molar-refractivity contribution in [3.05, 3.63) is 0 Å². The molecule has 0 aromatic carbocycles. The molecule has 1 aliphatic rings. The predicted molar refractivity (Wildman–Crippen MR) is 33.0 cm³/mol. The van der Waals surface area contributed by atoms with Gasteiger partial charge in [0.1, 0.15) is 0 Å². The fourth-order valence-electron chi connectivity index (χ4n) is 1.05. The largest absolute Gasteiger partial charge is 0.298 e. The van der Waals surface area contributed by atoms with Gasteiger partial charge in [-0.15, -0.1) is 0 Å². The minimum Gasteiger partial charge on any atom is -0.298 e. The molecule has 3 heteroatoms. The monoisotopic (exact) mass is 137 g/mol. The van der Waals surface area contributed by atoms with Crippen LogP contribution in [0.1, 0.15) is 19.3 Å². The van der Waals surface area contributed by atoms with Crippen molar-refractivity contribution >= 4 is 11.6 Å². The summed E-state index contributed by atoms with van der Waals surface area (Å²) in [7, 11) is 0. The molecule has 0 amide bonds. The maximum absolute atomic E-state index is 10.8. The quantitative estimate of drug-likeness (QED) is 0.455. The summed E-state index contributed by atoms with van der Waals surface area (Å²) < 4.78 is 0. The predicted octanol–water partition coefficient (Wildman–Crippen LogP) is 0.448. The number of rotatable bonds is 0. The minimum absolute atomic E-state index is 0.209. The van der Waals surface area contributed by atoms with Crippen molar-refractivity contribution in [2.45, 2.75) is 19.3 Å². The van der Waals surface area contributed by atoms with Gasteiger partial charge in [-0.3, -0.25) is 9.59 Å². The van der Waals surface area contributed by atoms with Crippen molar-refractivity contribution in [1.82, 2.24) is 0 Å². The van der Waals surface area contributed by atoms with Gasteiger partial charge >= 0.3 is 0 Å². The van der Waals surface area contributed by atoms with Crippen LogP contribution in [0.4, 0.5) is 0 Å². The highest BCUT2D eigenvalue weighted by molar-refractivity contribution is 6.06. The molecule has 3 nitrogen and oxygen atoms in total. The molecular weight excluding hydrogens is 130 g/mol. The van der Waals surface area contributed by atoms with Gasteiger partial charge in [-0.2, -0.15) is 5.26 Å². The Morgan fingerprint density at radius 1 is 1.30 bits per heavy atom. The number of Topliss-reactive ketones (excluding diaryl/α,β-unsaturated/α-hetero) is 2. The van der Waals surface area contributed by atoms with E-state index in [-0.39, 0.29) is 11.6 Å². The van der Waals surface area contributed by atoms with E-state index >= 15 is 0 Å². The van der Waals surface area contributed by atoms with Crippen molar-refractivity contribution in [1.29, 1.82) is 5.26 Å². The van der Waals surface area contributed by atoms with Crippen LogP contribution in [0, 0.1) is 17.2 Å². The zero-order valence-electron chi connectivity index (χ0n) is 5.46. The Kier molecular flexibility index (Phi) is 1.81. The fourth-order valence-corrected chi connectivity index (χ4v) is 1.05. The summed E-state index contributed by atoms with van der Waals surface area (Å²) in [5.41, 5.74) is 0. The second kappa shape index (κ2) is 2.61. The number of nitrogens with zero attached hydrogens (tertiary/aromatic N) is 1. The van der Waals surface area contributed by atoms with Gasteiger partial charge in [-0.05, 0) is 6.42 Å². The maximum Gasteiger partial charge on any atom is 0.163 e. The Hall–Kier alpha value is -1.17. The normalized spacial score (nSPS) is 20.7. The molecule has 1 saturated carbocycles. The molecule has 0 heterocycles. The number of nitriles is 1. The van der Waals surface area contributed by atoms with Gasteiger partial charge in [0.15, 0.2) is 17.5 Å². The van der Waals surface area contributed by atoms with Crippen molar-refractivity contribution in [3.63, 3.8) is 0 Å². The van der Waals surface area contributed by atoms with Crippen LogP contribution in [0.5, 0.6) is 0 Å². The molecule has 1 fully saturated rings. The third-order valence-electron chi connectivity index (χ3n) is 1.62. The van der Waals surface area contributed by atoms with Gasteiger partial charge in [-0.1, -0.05) is 0 Å². The lowest BCUT2D eigenvalue weighted by molar-refractivity contribution is -0.133. The zero-order valence-corrected chi connectivity index (χ0v) is 5.46. The standard InChI is InChI=1S/C7H7NO2/c8-4-5-6(9)2-1-3-7(5)10/h5H,1-3H2. The van der Waals surface area contributed by atoms with Crippen LogP contribution in [0.25, 0.3) is 0 Å². The van der Waals surface area contributed by atoms with Crippen molar-refractivity contribution in [3.8, 4) is 6.07 Å². The summed E-state index contributed by atoms with van der Waals surface area (Å²) in [6.07, 6.45) is 1.41. The van der Waals surface area contributed by atoms with E-state index in [1.807, 2.05) is 0 Å². The molecule has 0 atom stereocenters. The summed E-state index contributed by atoms with van der Waals surface area (Å²) in [6, 6.07) is 1.70. The van der Waals surface area contributed by atoms with E-state index in [0.717, 1.165) is 0 Å². The Morgan fingerprint density at radius 3 is 2.10 bits per heavy atom. The Bertz CT molecular complexity index is 198. The van der Waals surface area contributed by atoms with Crippen LogP contribution in [0.3, 0.4) is 0 Å².